The van der Waals surface area contributed by atoms with Gasteiger partial charge in [-0.1, -0.05) is 142 Å². The van der Waals surface area contributed by atoms with Crippen molar-refractivity contribution in [3.05, 3.63) is 11.6 Å². The highest BCUT2D eigenvalue weighted by Gasteiger charge is 2.00. The van der Waals surface area contributed by atoms with Crippen molar-refractivity contribution < 1.29 is 19.8 Å². The molecule has 0 rings (SSSR count). The normalized spacial score (nSPS) is 11.7. The summed E-state index contributed by atoms with van der Waals surface area (Å²) in [6.45, 7) is 2.28. The van der Waals surface area contributed by atoms with Gasteiger partial charge in [-0.2, -0.15) is 0 Å². The van der Waals surface area contributed by atoms with Gasteiger partial charge in [0, 0.05) is 0 Å². The van der Waals surface area contributed by atoms with E-state index in [-0.39, 0.29) is 12.0 Å². The first-order valence-electron chi connectivity index (χ1n) is 13.7. The smallest absolute Gasteiger partial charge is 0.0675 e. The van der Waals surface area contributed by atoms with Gasteiger partial charge >= 0.3 is 0 Å². The molecule has 0 bridgehead atoms. The Bertz CT molecular complexity index is 470. The number of unbranched alkanes of at least 4 members (excludes halogenated alkanes) is 21. The lowest BCUT2D eigenvalue weighted by atomic mass is 10.0. The van der Waals surface area contributed by atoms with Crippen LogP contribution in [0, 0.1) is 0 Å². The molecule has 0 aromatic rings. The van der Waals surface area contributed by atoms with Crippen LogP contribution >= 0.6 is 0 Å². The number of carbonyl (C=O) groups excluding carboxylic acids is 2. The molecule has 0 saturated heterocycles. The fourth-order valence-corrected chi connectivity index (χ4v) is 4.30. The van der Waals surface area contributed by atoms with Crippen LogP contribution in [0.15, 0.2) is 11.6 Å². The molecule has 4 nitrogen and oxygen atoms in total. The quantitative estimate of drug-likeness (QED) is 0.119. The molecule has 0 aromatic carbocycles. The third-order valence-corrected chi connectivity index (χ3v) is 6.35. The summed E-state index contributed by atoms with van der Waals surface area (Å²) >= 11 is 0. The minimum Gasteiger partial charge on any atom is -0.545 e. The topological polar surface area (TPSA) is 80.3 Å². The van der Waals surface area contributed by atoms with E-state index in [1.165, 1.54) is 122 Å². The molecule has 0 saturated carbocycles. The first-order chi connectivity index (χ1) is 15.6. The van der Waals surface area contributed by atoms with Crippen LogP contribution < -0.4 is 10.2 Å². The predicted octanol–water partition coefficient (Wildman–Crippen LogP) is 6.40. The lowest BCUT2D eigenvalue weighted by Gasteiger charge is -2.09. The zero-order valence-corrected chi connectivity index (χ0v) is 21.0. The standard InChI is InChI=1S/C28H52O4/c1-2-3-4-5-6-7-8-9-10-11-12-13-14-15-16-17-18-19-20-21-22-23-24-26(28(31)32)25-27(29)30/h25H,2-24H2,1H3,(H,29,30)(H,31,32)/p-2/b26-25-. The second-order valence-corrected chi connectivity index (χ2v) is 9.45. The molecular formula is C28H50O4-2. The van der Waals surface area contributed by atoms with Crippen LogP contribution in [0.5, 0.6) is 0 Å². The Balaban J connectivity index is 3.22. The molecule has 0 spiro atoms. The highest BCUT2D eigenvalue weighted by molar-refractivity contribution is 5.92. The SMILES string of the molecule is CCCCCCCCCCCCCCCCCCCCCCCC/C(=C/C(=O)[O-])C(=O)[O-]. The monoisotopic (exact) mass is 450 g/mol. The highest BCUT2D eigenvalue weighted by Crippen LogP contribution is 2.16. The van der Waals surface area contributed by atoms with Crippen molar-refractivity contribution in [2.45, 2.75) is 155 Å². The first-order valence-corrected chi connectivity index (χ1v) is 13.7. The van der Waals surface area contributed by atoms with Crippen molar-refractivity contribution in [2.75, 3.05) is 0 Å². The molecule has 32 heavy (non-hydrogen) atoms. The maximum absolute atomic E-state index is 10.8. The summed E-state index contributed by atoms with van der Waals surface area (Å²) < 4.78 is 0. The van der Waals surface area contributed by atoms with Crippen LogP contribution in [-0.4, -0.2) is 11.9 Å². The fourth-order valence-electron chi connectivity index (χ4n) is 4.30. The van der Waals surface area contributed by atoms with Gasteiger partial charge in [0.15, 0.2) is 0 Å². The number of hydrogen-bond donors (Lipinski definition) is 0. The van der Waals surface area contributed by atoms with Crippen LogP contribution in [0.25, 0.3) is 0 Å². The molecule has 0 atom stereocenters. The van der Waals surface area contributed by atoms with Gasteiger partial charge in [-0.05, 0) is 24.5 Å². The Labute approximate surface area is 198 Å². The number of aliphatic carboxylic acids is 2. The number of carboxylic acid groups (broad SMARTS) is 2. The Morgan fingerprint density at radius 1 is 0.500 bits per heavy atom. The van der Waals surface area contributed by atoms with Crippen molar-refractivity contribution in [1.82, 2.24) is 0 Å². The molecular weight excluding hydrogens is 400 g/mol. The Morgan fingerprint density at radius 3 is 1.03 bits per heavy atom. The summed E-state index contributed by atoms with van der Waals surface area (Å²) in [4.78, 5) is 21.3. The minimum atomic E-state index is -1.47. The fraction of sp³-hybridized carbons (Fsp3) is 0.857. The number of rotatable bonds is 25. The van der Waals surface area contributed by atoms with Crippen molar-refractivity contribution in [3.63, 3.8) is 0 Å². The molecule has 0 aliphatic rings. The molecule has 0 fully saturated rings. The van der Waals surface area contributed by atoms with E-state index in [9.17, 15) is 19.8 Å². The zero-order chi connectivity index (χ0) is 23.7. The van der Waals surface area contributed by atoms with Crippen molar-refractivity contribution >= 4 is 11.9 Å². The third-order valence-electron chi connectivity index (χ3n) is 6.35. The lowest BCUT2D eigenvalue weighted by molar-refractivity contribution is -0.303. The van der Waals surface area contributed by atoms with Crippen molar-refractivity contribution in [3.8, 4) is 0 Å². The van der Waals surface area contributed by atoms with Gasteiger partial charge in [-0.3, -0.25) is 0 Å². The highest BCUT2D eigenvalue weighted by atomic mass is 16.4. The third kappa shape index (κ3) is 23.3. The van der Waals surface area contributed by atoms with Crippen LogP contribution in [0.3, 0.4) is 0 Å². The van der Waals surface area contributed by atoms with Crippen molar-refractivity contribution in [2.24, 2.45) is 0 Å². The van der Waals surface area contributed by atoms with Gasteiger partial charge < -0.3 is 19.8 Å². The number of hydrogen-bond acceptors (Lipinski definition) is 4. The molecule has 0 aliphatic heterocycles. The summed E-state index contributed by atoms with van der Waals surface area (Å²) in [6, 6.07) is 0. The number of carboxylic acids is 2. The largest absolute Gasteiger partial charge is 0.545 e. The molecule has 0 heterocycles. The van der Waals surface area contributed by atoms with Crippen LogP contribution in [-0.2, 0) is 9.59 Å². The average molecular weight is 451 g/mol. The van der Waals surface area contributed by atoms with E-state index in [0.717, 1.165) is 12.8 Å². The van der Waals surface area contributed by atoms with E-state index in [1.807, 2.05) is 0 Å². The predicted molar refractivity (Wildman–Crippen MR) is 130 cm³/mol. The van der Waals surface area contributed by atoms with Crippen LogP contribution in [0.4, 0.5) is 0 Å². The van der Waals surface area contributed by atoms with E-state index in [0.29, 0.717) is 12.5 Å². The average Bonchev–Trinajstić information content (AvgIpc) is 2.76. The van der Waals surface area contributed by atoms with E-state index in [2.05, 4.69) is 6.92 Å². The minimum absolute atomic E-state index is 0.168. The van der Waals surface area contributed by atoms with Gasteiger partial charge in [0.2, 0.25) is 0 Å². The number of carbonyl (C=O) groups is 2. The summed E-state index contributed by atoms with van der Waals surface area (Å²) in [5.74, 6) is -2.87. The second-order valence-electron chi connectivity index (χ2n) is 9.45. The molecule has 0 unspecified atom stereocenters. The second kappa shape index (κ2) is 24.3. The first kappa shape index (κ1) is 30.7. The maximum atomic E-state index is 10.8. The molecule has 188 valence electrons. The maximum Gasteiger partial charge on any atom is 0.0675 e. The molecule has 0 amide bonds. The van der Waals surface area contributed by atoms with Gasteiger partial charge in [0.25, 0.3) is 0 Å². The van der Waals surface area contributed by atoms with E-state index >= 15 is 0 Å². The Kier molecular flexibility index (Phi) is 23.3. The van der Waals surface area contributed by atoms with E-state index < -0.39 is 11.9 Å². The van der Waals surface area contributed by atoms with E-state index in [1.54, 1.807) is 0 Å². The lowest BCUT2D eigenvalue weighted by Crippen LogP contribution is -2.27. The van der Waals surface area contributed by atoms with E-state index in [4.69, 9.17) is 0 Å². The molecule has 0 aromatic heterocycles. The zero-order valence-electron chi connectivity index (χ0n) is 21.0. The summed E-state index contributed by atoms with van der Waals surface area (Å²) in [5, 5.41) is 21.3. The van der Waals surface area contributed by atoms with Crippen molar-refractivity contribution in [1.29, 1.82) is 0 Å². The summed E-state index contributed by atoms with van der Waals surface area (Å²) in [5.41, 5.74) is -0.168. The Morgan fingerprint density at radius 2 is 0.781 bits per heavy atom. The molecule has 0 radical (unpaired) electrons. The van der Waals surface area contributed by atoms with Crippen LogP contribution in [0.1, 0.15) is 155 Å². The van der Waals surface area contributed by atoms with Gasteiger partial charge in [0.1, 0.15) is 0 Å². The van der Waals surface area contributed by atoms with Gasteiger partial charge in [-0.25, -0.2) is 0 Å². The van der Waals surface area contributed by atoms with Crippen LogP contribution in [0.2, 0.25) is 0 Å². The Hall–Kier alpha value is -1.32. The van der Waals surface area contributed by atoms with Gasteiger partial charge in [0.05, 0.1) is 11.9 Å². The molecule has 4 heteroatoms. The molecule has 0 aliphatic carbocycles. The van der Waals surface area contributed by atoms with Gasteiger partial charge in [-0.15, -0.1) is 0 Å². The summed E-state index contributed by atoms with van der Waals surface area (Å²) in [7, 11) is 0. The summed E-state index contributed by atoms with van der Waals surface area (Å²) in [6.07, 6.45) is 29.7. The molecule has 0 N–H and O–H groups in total.